The first kappa shape index (κ1) is 16.5. The highest BCUT2D eigenvalue weighted by Gasteiger charge is 2.16. The molecule has 1 amide bonds. The predicted octanol–water partition coefficient (Wildman–Crippen LogP) is 1.43. The van der Waals surface area contributed by atoms with E-state index >= 15 is 0 Å². The number of nitriles is 1. The molecule has 1 unspecified atom stereocenters. The normalized spacial score (nSPS) is 11.7. The lowest BCUT2D eigenvalue weighted by Crippen LogP contribution is -2.38. The van der Waals surface area contributed by atoms with Crippen molar-refractivity contribution in [2.24, 2.45) is 0 Å². The molecular weight excluding hydrogens is 276 g/mol. The first-order chi connectivity index (χ1) is 9.72. The molecule has 0 bridgehead atoms. The number of carbonyl (C=O) groups is 1. The molecule has 0 aliphatic heterocycles. The lowest BCUT2D eigenvalue weighted by atomic mass is 10.1. The molecule has 0 aliphatic rings. The van der Waals surface area contributed by atoms with Gasteiger partial charge < -0.3 is 15.2 Å². The van der Waals surface area contributed by atoms with Gasteiger partial charge in [0.2, 0.25) is 0 Å². The maximum Gasteiger partial charge on any atom is 0.252 e. The monoisotopic (exact) mass is 294 g/mol. The van der Waals surface area contributed by atoms with E-state index in [1.54, 1.807) is 19.2 Å². The molecule has 0 aliphatic carbocycles. The highest BCUT2D eigenvalue weighted by Crippen LogP contribution is 2.22. The van der Waals surface area contributed by atoms with Crippen molar-refractivity contribution in [2.45, 2.75) is 17.4 Å². The molecule has 0 saturated heterocycles. The minimum atomic E-state index is -0.230. The van der Waals surface area contributed by atoms with Crippen molar-refractivity contribution in [3.63, 3.8) is 0 Å². The van der Waals surface area contributed by atoms with Crippen LogP contribution in [0.3, 0.4) is 0 Å². The number of benzene rings is 1. The van der Waals surface area contributed by atoms with Gasteiger partial charge in [-0.3, -0.25) is 4.79 Å². The molecule has 0 fully saturated rings. The zero-order chi connectivity index (χ0) is 14.8. The lowest BCUT2D eigenvalue weighted by Gasteiger charge is -2.17. The van der Waals surface area contributed by atoms with Crippen LogP contribution in [0.2, 0.25) is 0 Å². The highest BCUT2D eigenvalue weighted by molar-refractivity contribution is 7.99. The molecule has 0 spiro atoms. The standard InChI is InChI=1S/C14H18N2O3S/c1-19-10-11(6-8-17)16-14(18)12-4-2-3-5-13(12)20-9-7-15/h2-5,11,17H,6,8-10H2,1H3,(H,16,18). The molecule has 1 rings (SSSR count). The Labute approximate surface area is 122 Å². The summed E-state index contributed by atoms with van der Waals surface area (Å²) in [6, 6.07) is 8.96. The summed E-state index contributed by atoms with van der Waals surface area (Å²) in [6.07, 6.45) is 0.438. The van der Waals surface area contributed by atoms with Gasteiger partial charge >= 0.3 is 0 Å². The van der Waals surface area contributed by atoms with Gasteiger partial charge in [0.25, 0.3) is 5.91 Å². The lowest BCUT2D eigenvalue weighted by molar-refractivity contribution is 0.0876. The van der Waals surface area contributed by atoms with Crippen LogP contribution in [0.25, 0.3) is 0 Å². The summed E-state index contributed by atoms with van der Waals surface area (Å²) in [5.41, 5.74) is 0.534. The van der Waals surface area contributed by atoms with Gasteiger partial charge in [0.1, 0.15) is 0 Å². The van der Waals surface area contributed by atoms with Crippen molar-refractivity contribution < 1.29 is 14.6 Å². The van der Waals surface area contributed by atoms with Gasteiger partial charge in [-0.2, -0.15) is 5.26 Å². The number of methoxy groups -OCH3 is 1. The topological polar surface area (TPSA) is 82.3 Å². The number of rotatable bonds is 8. The van der Waals surface area contributed by atoms with Gasteiger partial charge in [-0.15, -0.1) is 11.8 Å². The van der Waals surface area contributed by atoms with E-state index in [4.69, 9.17) is 15.1 Å². The van der Waals surface area contributed by atoms with Crippen molar-refractivity contribution in [1.82, 2.24) is 5.32 Å². The molecule has 0 aromatic heterocycles. The number of hydrogen-bond donors (Lipinski definition) is 2. The molecule has 0 heterocycles. The second-order valence-electron chi connectivity index (χ2n) is 4.08. The third kappa shape index (κ3) is 5.21. The summed E-state index contributed by atoms with van der Waals surface area (Å²) >= 11 is 1.33. The average Bonchev–Trinajstić information content (AvgIpc) is 2.46. The summed E-state index contributed by atoms with van der Waals surface area (Å²) in [6.45, 7) is 0.332. The van der Waals surface area contributed by atoms with Gasteiger partial charge in [0, 0.05) is 18.6 Å². The number of ether oxygens (including phenoxy) is 1. The van der Waals surface area contributed by atoms with E-state index in [2.05, 4.69) is 5.32 Å². The van der Waals surface area contributed by atoms with Crippen LogP contribution in [0, 0.1) is 11.3 Å². The van der Waals surface area contributed by atoms with E-state index < -0.39 is 0 Å². The Morgan fingerprint density at radius 1 is 1.55 bits per heavy atom. The summed E-state index contributed by atoms with van der Waals surface area (Å²) in [5, 5.41) is 20.4. The fourth-order valence-corrected chi connectivity index (χ4v) is 2.42. The van der Waals surface area contributed by atoms with Crippen molar-refractivity contribution in [1.29, 1.82) is 5.26 Å². The maximum atomic E-state index is 12.2. The number of amides is 1. The molecule has 0 saturated carbocycles. The number of aliphatic hydroxyl groups is 1. The zero-order valence-electron chi connectivity index (χ0n) is 11.3. The summed E-state index contributed by atoms with van der Waals surface area (Å²) in [7, 11) is 1.55. The van der Waals surface area contributed by atoms with Gasteiger partial charge in [-0.1, -0.05) is 12.1 Å². The van der Waals surface area contributed by atoms with Crippen molar-refractivity contribution in [3.8, 4) is 6.07 Å². The smallest absolute Gasteiger partial charge is 0.252 e. The average molecular weight is 294 g/mol. The molecule has 108 valence electrons. The Balaban J connectivity index is 2.77. The van der Waals surface area contributed by atoms with Crippen molar-refractivity contribution in [2.75, 3.05) is 26.1 Å². The summed E-state index contributed by atoms with van der Waals surface area (Å²) < 4.78 is 5.01. The predicted molar refractivity (Wildman–Crippen MR) is 77.6 cm³/mol. The first-order valence-corrected chi connectivity index (χ1v) is 7.21. The van der Waals surface area contributed by atoms with E-state index in [1.165, 1.54) is 11.8 Å². The number of aliphatic hydroxyl groups excluding tert-OH is 1. The minimum Gasteiger partial charge on any atom is -0.396 e. The van der Waals surface area contributed by atoms with E-state index in [1.807, 2.05) is 18.2 Å². The number of nitrogens with one attached hydrogen (secondary N) is 1. The third-order valence-corrected chi connectivity index (χ3v) is 3.54. The van der Waals surface area contributed by atoms with Gasteiger partial charge in [-0.05, 0) is 18.6 Å². The van der Waals surface area contributed by atoms with E-state index in [0.29, 0.717) is 24.3 Å². The fourth-order valence-electron chi connectivity index (χ4n) is 1.71. The van der Waals surface area contributed by atoms with Gasteiger partial charge in [-0.25, -0.2) is 0 Å². The van der Waals surface area contributed by atoms with Crippen molar-refractivity contribution in [3.05, 3.63) is 29.8 Å². The molecule has 0 radical (unpaired) electrons. The zero-order valence-corrected chi connectivity index (χ0v) is 12.2. The number of thioether (sulfide) groups is 1. The largest absolute Gasteiger partial charge is 0.396 e. The molecule has 20 heavy (non-hydrogen) atoms. The van der Waals surface area contributed by atoms with Crippen LogP contribution in [-0.2, 0) is 4.74 Å². The molecule has 6 heteroatoms. The third-order valence-electron chi connectivity index (χ3n) is 2.60. The van der Waals surface area contributed by atoms with Gasteiger partial charge in [0.05, 0.1) is 30.0 Å². The van der Waals surface area contributed by atoms with E-state index in [0.717, 1.165) is 4.90 Å². The second kappa shape index (κ2) is 9.37. The Hall–Kier alpha value is -1.55. The van der Waals surface area contributed by atoms with Crippen LogP contribution < -0.4 is 5.32 Å². The van der Waals surface area contributed by atoms with Crippen LogP contribution in [0.1, 0.15) is 16.8 Å². The fraction of sp³-hybridized carbons (Fsp3) is 0.429. The maximum absolute atomic E-state index is 12.2. The Bertz CT molecular complexity index is 468. The van der Waals surface area contributed by atoms with Crippen LogP contribution >= 0.6 is 11.8 Å². The molecular formula is C14H18N2O3S. The van der Waals surface area contributed by atoms with E-state index in [9.17, 15) is 4.79 Å². The quantitative estimate of drug-likeness (QED) is 0.709. The van der Waals surface area contributed by atoms with E-state index in [-0.39, 0.29) is 18.6 Å². The van der Waals surface area contributed by atoms with Crippen LogP contribution in [0.5, 0.6) is 0 Å². The van der Waals surface area contributed by atoms with Gasteiger partial charge in [0.15, 0.2) is 0 Å². The Morgan fingerprint density at radius 3 is 2.95 bits per heavy atom. The van der Waals surface area contributed by atoms with Crippen LogP contribution in [0.4, 0.5) is 0 Å². The highest BCUT2D eigenvalue weighted by atomic mass is 32.2. The second-order valence-corrected chi connectivity index (χ2v) is 5.10. The SMILES string of the molecule is COCC(CCO)NC(=O)c1ccccc1SCC#N. The molecule has 1 aromatic rings. The number of carbonyl (C=O) groups excluding carboxylic acids is 1. The Morgan fingerprint density at radius 2 is 2.30 bits per heavy atom. The Kier molecular flexibility index (Phi) is 7.73. The first-order valence-electron chi connectivity index (χ1n) is 6.22. The molecule has 5 nitrogen and oxygen atoms in total. The molecule has 1 aromatic carbocycles. The minimum absolute atomic E-state index is 0.0147. The van der Waals surface area contributed by atoms with Crippen LogP contribution in [0.15, 0.2) is 29.2 Å². The molecule has 2 N–H and O–H groups in total. The summed E-state index contributed by atoms with van der Waals surface area (Å²) in [4.78, 5) is 13.0. The summed E-state index contributed by atoms with van der Waals surface area (Å²) in [5.74, 6) is 0.0733. The molecule has 1 atom stereocenters. The number of nitrogens with zero attached hydrogens (tertiary/aromatic N) is 1. The number of hydrogen-bond acceptors (Lipinski definition) is 5. The van der Waals surface area contributed by atoms with Crippen LogP contribution in [-0.4, -0.2) is 43.1 Å². The van der Waals surface area contributed by atoms with Crippen molar-refractivity contribution >= 4 is 17.7 Å².